The summed E-state index contributed by atoms with van der Waals surface area (Å²) in [6, 6.07) is 7.94. The minimum Gasteiger partial charge on any atom is -0.300 e. The van der Waals surface area contributed by atoms with Crippen molar-refractivity contribution >= 4 is 5.78 Å². The Morgan fingerprint density at radius 1 is 1.35 bits per heavy atom. The van der Waals surface area contributed by atoms with Crippen LogP contribution < -0.4 is 0 Å². The summed E-state index contributed by atoms with van der Waals surface area (Å²) in [7, 11) is 0. The monoisotopic (exact) mass is 228 g/mol. The van der Waals surface area contributed by atoms with E-state index < -0.39 is 0 Å². The number of carbonyl (C=O) groups is 1. The van der Waals surface area contributed by atoms with E-state index in [2.05, 4.69) is 11.0 Å². The van der Waals surface area contributed by atoms with E-state index in [-0.39, 0.29) is 0 Å². The van der Waals surface area contributed by atoms with E-state index in [0.717, 1.165) is 25.2 Å². The summed E-state index contributed by atoms with van der Waals surface area (Å²) >= 11 is 0. The number of ketones is 1. The summed E-state index contributed by atoms with van der Waals surface area (Å²) in [6.45, 7) is 4.63. The molecule has 1 heterocycles. The highest BCUT2D eigenvalue weighted by atomic mass is 16.1. The Kier molecular flexibility index (Phi) is 3.55. The number of carbonyl (C=O) groups excluding carboxylic acids is 1. The fourth-order valence-corrected chi connectivity index (χ4v) is 2.14. The lowest BCUT2D eigenvalue weighted by atomic mass is 10.0. The Balaban J connectivity index is 2.04. The highest BCUT2D eigenvalue weighted by Gasteiger charge is 2.16. The molecule has 0 aromatic heterocycles. The van der Waals surface area contributed by atoms with Crippen LogP contribution in [0.1, 0.15) is 29.5 Å². The number of nitrogens with zero attached hydrogens (tertiary/aromatic N) is 2. The van der Waals surface area contributed by atoms with Gasteiger partial charge in [-0.2, -0.15) is 5.26 Å². The van der Waals surface area contributed by atoms with Gasteiger partial charge in [-0.25, -0.2) is 0 Å². The van der Waals surface area contributed by atoms with Crippen LogP contribution in [0.4, 0.5) is 0 Å². The van der Waals surface area contributed by atoms with E-state index in [1.54, 1.807) is 0 Å². The minimum atomic E-state index is 0.373. The van der Waals surface area contributed by atoms with Crippen molar-refractivity contribution in [2.24, 2.45) is 0 Å². The van der Waals surface area contributed by atoms with Gasteiger partial charge in [0.2, 0.25) is 0 Å². The number of piperidine rings is 1. The van der Waals surface area contributed by atoms with Gasteiger partial charge < -0.3 is 0 Å². The van der Waals surface area contributed by atoms with Crippen LogP contribution in [-0.4, -0.2) is 23.8 Å². The molecule has 0 bridgehead atoms. The third kappa shape index (κ3) is 2.92. The van der Waals surface area contributed by atoms with Gasteiger partial charge in [0, 0.05) is 32.5 Å². The van der Waals surface area contributed by atoms with E-state index in [1.807, 2.05) is 25.1 Å². The van der Waals surface area contributed by atoms with Crippen molar-refractivity contribution in [1.29, 1.82) is 5.26 Å². The Bertz CT molecular complexity index is 464. The molecule has 0 saturated carbocycles. The fraction of sp³-hybridized carbons (Fsp3) is 0.429. The summed E-state index contributed by atoms with van der Waals surface area (Å²) in [4.78, 5) is 13.5. The van der Waals surface area contributed by atoms with Gasteiger partial charge >= 0.3 is 0 Å². The van der Waals surface area contributed by atoms with Gasteiger partial charge in [0.25, 0.3) is 0 Å². The number of benzene rings is 1. The summed E-state index contributed by atoms with van der Waals surface area (Å²) < 4.78 is 0. The van der Waals surface area contributed by atoms with Gasteiger partial charge in [-0.15, -0.1) is 0 Å². The number of hydrogen-bond acceptors (Lipinski definition) is 3. The number of aryl methyl sites for hydroxylation is 1. The molecule has 3 nitrogen and oxygen atoms in total. The number of likely N-dealkylation sites (tertiary alicyclic amines) is 1. The molecule has 0 atom stereocenters. The van der Waals surface area contributed by atoms with E-state index >= 15 is 0 Å². The molecule has 0 aliphatic carbocycles. The summed E-state index contributed by atoms with van der Waals surface area (Å²) in [5, 5.41) is 8.81. The molecule has 2 rings (SSSR count). The largest absolute Gasteiger partial charge is 0.300 e. The SMILES string of the molecule is Cc1cc(C#N)ccc1CN1CCC(=O)CC1. The molecule has 1 aromatic carbocycles. The van der Waals surface area contributed by atoms with Gasteiger partial charge in [0.15, 0.2) is 0 Å². The summed E-state index contributed by atoms with van der Waals surface area (Å²) in [5.41, 5.74) is 3.11. The van der Waals surface area contributed by atoms with Gasteiger partial charge in [-0.3, -0.25) is 9.69 Å². The van der Waals surface area contributed by atoms with Crippen LogP contribution in [0.2, 0.25) is 0 Å². The van der Waals surface area contributed by atoms with E-state index in [9.17, 15) is 4.79 Å². The molecule has 17 heavy (non-hydrogen) atoms. The average molecular weight is 228 g/mol. The number of nitriles is 1. The summed E-state index contributed by atoms with van der Waals surface area (Å²) in [6.07, 6.45) is 1.35. The van der Waals surface area contributed by atoms with E-state index in [1.165, 1.54) is 5.56 Å². The first kappa shape index (κ1) is 11.8. The topological polar surface area (TPSA) is 44.1 Å². The molecule has 3 heteroatoms. The van der Waals surface area contributed by atoms with Crippen LogP contribution in [-0.2, 0) is 11.3 Å². The molecule has 0 radical (unpaired) electrons. The molecule has 0 unspecified atom stereocenters. The lowest BCUT2D eigenvalue weighted by Crippen LogP contribution is -2.33. The molecule has 88 valence electrons. The first-order valence-electron chi connectivity index (χ1n) is 5.93. The Morgan fingerprint density at radius 2 is 2.06 bits per heavy atom. The third-order valence-corrected chi connectivity index (χ3v) is 3.28. The molecule has 1 aliphatic rings. The minimum absolute atomic E-state index is 0.373. The molecule has 0 N–H and O–H groups in total. The number of rotatable bonds is 2. The predicted molar refractivity (Wildman–Crippen MR) is 65.4 cm³/mol. The smallest absolute Gasteiger partial charge is 0.135 e. The van der Waals surface area contributed by atoms with Gasteiger partial charge in [0.05, 0.1) is 11.6 Å². The molecule has 1 aromatic rings. The quantitative estimate of drug-likeness (QED) is 0.778. The Morgan fingerprint density at radius 3 is 2.65 bits per heavy atom. The van der Waals surface area contributed by atoms with E-state index in [4.69, 9.17) is 5.26 Å². The highest BCUT2D eigenvalue weighted by Crippen LogP contribution is 2.15. The van der Waals surface area contributed by atoms with Crippen LogP contribution in [0.25, 0.3) is 0 Å². The first-order valence-corrected chi connectivity index (χ1v) is 5.93. The normalized spacial score (nSPS) is 16.8. The lowest BCUT2D eigenvalue weighted by Gasteiger charge is -2.26. The summed E-state index contributed by atoms with van der Waals surface area (Å²) in [5.74, 6) is 0.373. The second-order valence-corrected chi connectivity index (χ2v) is 4.57. The number of hydrogen-bond donors (Lipinski definition) is 0. The molecule has 1 saturated heterocycles. The first-order chi connectivity index (χ1) is 8.19. The van der Waals surface area contributed by atoms with Gasteiger partial charge in [0.1, 0.15) is 5.78 Å². The van der Waals surface area contributed by atoms with Crippen molar-refractivity contribution in [3.05, 3.63) is 34.9 Å². The van der Waals surface area contributed by atoms with Crippen molar-refractivity contribution in [3.8, 4) is 6.07 Å². The van der Waals surface area contributed by atoms with Crippen molar-refractivity contribution in [1.82, 2.24) is 4.90 Å². The maximum atomic E-state index is 11.1. The molecular formula is C14H16N2O. The zero-order valence-electron chi connectivity index (χ0n) is 10.1. The Hall–Kier alpha value is -1.66. The molecular weight excluding hydrogens is 212 g/mol. The van der Waals surface area contributed by atoms with Gasteiger partial charge in [-0.1, -0.05) is 6.07 Å². The zero-order chi connectivity index (χ0) is 12.3. The van der Waals surface area contributed by atoms with Crippen molar-refractivity contribution in [3.63, 3.8) is 0 Å². The van der Waals surface area contributed by atoms with Crippen LogP contribution >= 0.6 is 0 Å². The van der Waals surface area contributed by atoms with E-state index in [0.29, 0.717) is 24.2 Å². The van der Waals surface area contributed by atoms with Crippen molar-refractivity contribution < 1.29 is 4.79 Å². The van der Waals surface area contributed by atoms with Crippen LogP contribution in [0.3, 0.4) is 0 Å². The zero-order valence-corrected chi connectivity index (χ0v) is 10.1. The fourth-order valence-electron chi connectivity index (χ4n) is 2.14. The maximum absolute atomic E-state index is 11.1. The van der Waals surface area contributed by atoms with Crippen LogP contribution in [0.15, 0.2) is 18.2 Å². The molecule has 0 amide bonds. The Labute approximate surface area is 102 Å². The second kappa shape index (κ2) is 5.11. The molecule has 1 aliphatic heterocycles. The highest BCUT2D eigenvalue weighted by molar-refractivity contribution is 5.79. The van der Waals surface area contributed by atoms with Crippen molar-refractivity contribution in [2.45, 2.75) is 26.3 Å². The average Bonchev–Trinajstić information content (AvgIpc) is 2.34. The molecule has 0 spiro atoms. The maximum Gasteiger partial charge on any atom is 0.135 e. The van der Waals surface area contributed by atoms with Gasteiger partial charge in [-0.05, 0) is 30.2 Å². The van der Waals surface area contributed by atoms with Crippen LogP contribution in [0, 0.1) is 18.3 Å². The second-order valence-electron chi connectivity index (χ2n) is 4.57. The predicted octanol–water partition coefficient (Wildman–Crippen LogP) is 2.03. The standard InChI is InChI=1S/C14H16N2O/c1-11-8-12(9-15)2-3-13(11)10-16-6-4-14(17)5-7-16/h2-3,8H,4-7,10H2,1H3. The molecule has 1 fully saturated rings. The van der Waals surface area contributed by atoms with Crippen LogP contribution in [0.5, 0.6) is 0 Å². The third-order valence-electron chi connectivity index (χ3n) is 3.28. The lowest BCUT2D eigenvalue weighted by molar-refractivity contribution is -0.121. The van der Waals surface area contributed by atoms with Crippen molar-refractivity contribution in [2.75, 3.05) is 13.1 Å². The number of Topliss-reactive ketones (excluding diaryl/α,β-unsaturated/α-hetero) is 1.